The molecule has 0 aromatic heterocycles. The molecular formula is C12H16Cl2N2O. The van der Waals surface area contributed by atoms with Crippen molar-refractivity contribution in [3.8, 4) is 0 Å². The van der Waals surface area contributed by atoms with E-state index in [-0.39, 0.29) is 24.4 Å². The zero-order valence-electron chi connectivity index (χ0n) is 9.63. The summed E-state index contributed by atoms with van der Waals surface area (Å²) in [5.41, 5.74) is 1.60. The average molecular weight is 275 g/mol. The van der Waals surface area contributed by atoms with Gasteiger partial charge >= 0.3 is 0 Å². The third-order valence-electron chi connectivity index (χ3n) is 2.82. The molecule has 1 aliphatic heterocycles. The van der Waals surface area contributed by atoms with E-state index in [4.69, 9.17) is 11.6 Å². The Morgan fingerprint density at radius 2 is 2.29 bits per heavy atom. The molecule has 1 atom stereocenters. The Kier molecular flexibility index (Phi) is 5.25. The van der Waals surface area contributed by atoms with E-state index in [0.29, 0.717) is 10.6 Å². The SMILES string of the molecule is Cc1cc(C(=O)NC2CCNC2)ccc1Cl.Cl. The Hall–Kier alpha value is -0.770. The first-order valence-electron chi connectivity index (χ1n) is 5.44. The Morgan fingerprint density at radius 1 is 1.53 bits per heavy atom. The number of halogens is 2. The lowest BCUT2D eigenvalue weighted by molar-refractivity contribution is 0.0940. The first kappa shape index (κ1) is 14.3. The Morgan fingerprint density at radius 3 is 2.88 bits per heavy atom. The zero-order valence-corrected chi connectivity index (χ0v) is 11.2. The third-order valence-corrected chi connectivity index (χ3v) is 3.24. The van der Waals surface area contributed by atoms with Crippen LogP contribution in [0.1, 0.15) is 22.3 Å². The summed E-state index contributed by atoms with van der Waals surface area (Å²) in [5.74, 6) is -0.0199. The monoisotopic (exact) mass is 274 g/mol. The molecule has 1 heterocycles. The Bertz CT molecular complexity index is 403. The normalized spacial score (nSPS) is 18.6. The number of benzene rings is 1. The average Bonchev–Trinajstić information content (AvgIpc) is 2.74. The molecule has 1 aromatic carbocycles. The molecule has 0 saturated carbocycles. The summed E-state index contributed by atoms with van der Waals surface area (Å²) in [6, 6.07) is 5.59. The van der Waals surface area contributed by atoms with Gasteiger partial charge in [-0.1, -0.05) is 11.6 Å². The molecule has 0 aliphatic carbocycles. The van der Waals surface area contributed by atoms with Crippen molar-refractivity contribution < 1.29 is 4.79 Å². The van der Waals surface area contributed by atoms with E-state index in [1.165, 1.54) is 0 Å². The molecule has 17 heavy (non-hydrogen) atoms. The van der Waals surface area contributed by atoms with Crippen LogP contribution in [-0.2, 0) is 0 Å². The molecule has 0 bridgehead atoms. The Balaban J connectivity index is 0.00000144. The minimum Gasteiger partial charge on any atom is -0.348 e. The molecule has 1 fully saturated rings. The van der Waals surface area contributed by atoms with Crippen LogP contribution in [0, 0.1) is 6.92 Å². The van der Waals surface area contributed by atoms with Gasteiger partial charge in [-0.05, 0) is 43.7 Å². The molecule has 0 radical (unpaired) electrons. The number of carbonyl (C=O) groups is 1. The molecule has 1 unspecified atom stereocenters. The van der Waals surface area contributed by atoms with E-state index in [0.717, 1.165) is 25.1 Å². The van der Waals surface area contributed by atoms with Crippen molar-refractivity contribution in [3.05, 3.63) is 34.3 Å². The molecule has 2 N–H and O–H groups in total. The molecule has 1 amide bonds. The summed E-state index contributed by atoms with van der Waals surface area (Å²) in [6.07, 6.45) is 0.998. The Labute approximate surface area is 112 Å². The van der Waals surface area contributed by atoms with Crippen molar-refractivity contribution in [1.82, 2.24) is 10.6 Å². The number of hydrogen-bond acceptors (Lipinski definition) is 2. The molecule has 2 rings (SSSR count). The van der Waals surface area contributed by atoms with Gasteiger partial charge in [-0.15, -0.1) is 12.4 Å². The topological polar surface area (TPSA) is 41.1 Å². The fourth-order valence-electron chi connectivity index (χ4n) is 1.83. The molecular weight excluding hydrogens is 259 g/mol. The van der Waals surface area contributed by atoms with Crippen LogP contribution < -0.4 is 10.6 Å². The second kappa shape index (κ2) is 6.24. The third kappa shape index (κ3) is 3.60. The summed E-state index contributed by atoms with van der Waals surface area (Å²) in [5, 5.41) is 6.90. The number of amides is 1. The number of rotatable bonds is 2. The number of hydrogen-bond donors (Lipinski definition) is 2. The molecule has 5 heteroatoms. The van der Waals surface area contributed by atoms with Crippen molar-refractivity contribution in [2.75, 3.05) is 13.1 Å². The van der Waals surface area contributed by atoms with E-state index in [2.05, 4.69) is 10.6 Å². The van der Waals surface area contributed by atoms with Crippen molar-refractivity contribution >= 4 is 29.9 Å². The fourth-order valence-corrected chi connectivity index (χ4v) is 1.95. The smallest absolute Gasteiger partial charge is 0.251 e. The number of carbonyl (C=O) groups excluding carboxylic acids is 1. The van der Waals surface area contributed by atoms with Gasteiger partial charge in [0.05, 0.1) is 0 Å². The highest BCUT2D eigenvalue weighted by Crippen LogP contribution is 2.16. The lowest BCUT2D eigenvalue weighted by Crippen LogP contribution is -2.36. The molecule has 1 saturated heterocycles. The van der Waals surface area contributed by atoms with Gasteiger partial charge in [0.2, 0.25) is 0 Å². The van der Waals surface area contributed by atoms with Gasteiger partial charge in [0, 0.05) is 23.2 Å². The van der Waals surface area contributed by atoms with Gasteiger partial charge in [-0.2, -0.15) is 0 Å². The molecule has 1 aliphatic rings. The summed E-state index contributed by atoms with van der Waals surface area (Å²) < 4.78 is 0. The maximum atomic E-state index is 11.9. The van der Waals surface area contributed by atoms with Crippen LogP contribution in [0.3, 0.4) is 0 Å². The van der Waals surface area contributed by atoms with Crippen LogP contribution >= 0.6 is 24.0 Å². The van der Waals surface area contributed by atoms with Crippen molar-refractivity contribution in [2.24, 2.45) is 0 Å². The maximum absolute atomic E-state index is 11.9. The zero-order chi connectivity index (χ0) is 11.5. The molecule has 3 nitrogen and oxygen atoms in total. The quantitative estimate of drug-likeness (QED) is 0.868. The van der Waals surface area contributed by atoms with E-state index >= 15 is 0 Å². The second-order valence-corrected chi connectivity index (χ2v) is 4.53. The molecule has 1 aromatic rings. The van der Waals surface area contributed by atoms with Gasteiger partial charge in [0.25, 0.3) is 5.91 Å². The van der Waals surface area contributed by atoms with Gasteiger partial charge < -0.3 is 10.6 Å². The largest absolute Gasteiger partial charge is 0.348 e. The van der Waals surface area contributed by atoms with Crippen molar-refractivity contribution in [1.29, 1.82) is 0 Å². The van der Waals surface area contributed by atoms with Crippen LogP contribution in [0.5, 0.6) is 0 Å². The summed E-state index contributed by atoms with van der Waals surface area (Å²) in [4.78, 5) is 11.9. The highest BCUT2D eigenvalue weighted by atomic mass is 35.5. The molecule has 0 spiro atoms. The predicted molar refractivity (Wildman–Crippen MR) is 72.2 cm³/mol. The van der Waals surface area contributed by atoms with Crippen LogP contribution in [0.15, 0.2) is 18.2 Å². The lowest BCUT2D eigenvalue weighted by atomic mass is 10.1. The van der Waals surface area contributed by atoms with Crippen LogP contribution in [0.2, 0.25) is 5.02 Å². The standard InChI is InChI=1S/C12H15ClN2O.ClH/c1-8-6-9(2-3-11(8)13)12(16)15-10-4-5-14-7-10;/h2-3,6,10,14H,4-5,7H2,1H3,(H,15,16);1H. The number of aryl methyl sites for hydroxylation is 1. The van der Waals surface area contributed by atoms with Gasteiger partial charge in [-0.3, -0.25) is 4.79 Å². The summed E-state index contributed by atoms with van der Waals surface area (Å²) >= 11 is 5.91. The second-order valence-electron chi connectivity index (χ2n) is 4.13. The van der Waals surface area contributed by atoms with Gasteiger partial charge in [0.1, 0.15) is 0 Å². The van der Waals surface area contributed by atoms with Gasteiger partial charge in [-0.25, -0.2) is 0 Å². The maximum Gasteiger partial charge on any atom is 0.251 e. The van der Waals surface area contributed by atoms with Crippen molar-refractivity contribution in [2.45, 2.75) is 19.4 Å². The first-order valence-corrected chi connectivity index (χ1v) is 5.82. The van der Waals surface area contributed by atoms with E-state index in [1.807, 2.05) is 13.0 Å². The van der Waals surface area contributed by atoms with Crippen LogP contribution in [0.4, 0.5) is 0 Å². The predicted octanol–water partition coefficient (Wildman–Crippen LogP) is 2.16. The van der Waals surface area contributed by atoms with Crippen LogP contribution in [-0.4, -0.2) is 25.0 Å². The minimum atomic E-state index is -0.0199. The fraction of sp³-hybridized carbons (Fsp3) is 0.417. The van der Waals surface area contributed by atoms with Crippen molar-refractivity contribution in [3.63, 3.8) is 0 Å². The first-order chi connectivity index (χ1) is 7.66. The van der Waals surface area contributed by atoms with E-state index in [9.17, 15) is 4.79 Å². The van der Waals surface area contributed by atoms with Crippen LogP contribution in [0.25, 0.3) is 0 Å². The highest BCUT2D eigenvalue weighted by Gasteiger charge is 2.17. The summed E-state index contributed by atoms with van der Waals surface area (Å²) in [7, 11) is 0. The minimum absolute atomic E-state index is 0. The van der Waals surface area contributed by atoms with Gasteiger partial charge in [0.15, 0.2) is 0 Å². The van der Waals surface area contributed by atoms with E-state index < -0.39 is 0 Å². The number of nitrogens with one attached hydrogen (secondary N) is 2. The summed E-state index contributed by atoms with van der Waals surface area (Å²) in [6.45, 7) is 3.74. The lowest BCUT2D eigenvalue weighted by Gasteiger charge is -2.11. The molecule has 94 valence electrons. The highest BCUT2D eigenvalue weighted by molar-refractivity contribution is 6.31. The van der Waals surface area contributed by atoms with E-state index in [1.54, 1.807) is 12.1 Å².